The fourth-order valence-corrected chi connectivity index (χ4v) is 3.64. The summed E-state index contributed by atoms with van der Waals surface area (Å²) in [5.41, 5.74) is 0.362. The van der Waals surface area contributed by atoms with E-state index >= 15 is 0 Å². The van der Waals surface area contributed by atoms with E-state index < -0.39 is 11.7 Å². The van der Waals surface area contributed by atoms with Gasteiger partial charge in [-0.05, 0) is 24.6 Å². The maximum atomic E-state index is 13.2. The number of hydrogen-bond donors (Lipinski definition) is 2. The second-order valence-electron chi connectivity index (χ2n) is 6.62. The molecule has 0 unspecified atom stereocenters. The Morgan fingerprint density at radius 2 is 2.07 bits per heavy atom. The summed E-state index contributed by atoms with van der Waals surface area (Å²) in [6, 6.07) is 5.65. The van der Waals surface area contributed by atoms with Crippen LogP contribution in [0.4, 0.5) is 10.1 Å². The second kappa shape index (κ2) is 10.9. The van der Waals surface area contributed by atoms with E-state index in [4.69, 9.17) is 4.74 Å². The number of amides is 2. The molecule has 1 aromatic carbocycles. The Balaban J connectivity index is 1.34. The second-order valence-corrected chi connectivity index (χ2v) is 7.69. The zero-order chi connectivity index (χ0) is 20.5. The summed E-state index contributed by atoms with van der Waals surface area (Å²) in [6.07, 6.45) is 1.60. The number of hydrogen-bond acceptors (Lipinski definition) is 7. The average Bonchev–Trinajstić information content (AvgIpc) is 3.18. The van der Waals surface area contributed by atoms with Crippen molar-refractivity contribution in [1.29, 1.82) is 0 Å². The van der Waals surface area contributed by atoms with Crippen molar-refractivity contribution in [2.75, 3.05) is 44.7 Å². The predicted molar refractivity (Wildman–Crippen MR) is 107 cm³/mol. The maximum Gasteiger partial charge on any atom is 0.286 e. The lowest BCUT2D eigenvalue weighted by molar-refractivity contribution is -0.121. The molecule has 0 atom stereocenters. The van der Waals surface area contributed by atoms with Crippen LogP contribution in [0.2, 0.25) is 0 Å². The minimum atomic E-state index is -0.430. The van der Waals surface area contributed by atoms with Gasteiger partial charge in [0.05, 0.1) is 13.2 Å². The first kappa shape index (κ1) is 21.3. The average molecular weight is 421 g/mol. The van der Waals surface area contributed by atoms with Crippen LogP contribution in [0.25, 0.3) is 0 Å². The van der Waals surface area contributed by atoms with Gasteiger partial charge < -0.3 is 15.4 Å². The van der Waals surface area contributed by atoms with E-state index in [1.807, 2.05) is 0 Å². The Labute approximate surface area is 172 Å². The summed E-state index contributed by atoms with van der Waals surface area (Å²) in [6.45, 7) is 4.76. The summed E-state index contributed by atoms with van der Waals surface area (Å²) in [7, 11) is 0. The van der Waals surface area contributed by atoms with Gasteiger partial charge in [-0.1, -0.05) is 17.4 Å². The van der Waals surface area contributed by atoms with Crippen LogP contribution < -0.4 is 10.6 Å². The third kappa shape index (κ3) is 7.15. The van der Waals surface area contributed by atoms with Crippen molar-refractivity contribution >= 4 is 28.8 Å². The highest BCUT2D eigenvalue weighted by molar-refractivity contribution is 7.13. The molecule has 0 radical (unpaired) electrons. The zero-order valence-corrected chi connectivity index (χ0v) is 16.8. The molecule has 3 rings (SSSR count). The molecule has 1 aromatic heterocycles. The number of rotatable bonds is 9. The molecule has 2 N–H and O–H groups in total. The van der Waals surface area contributed by atoms with Gasteiger partial charge in [0.15, 0.2) is 0 Å². The highest BCUT2D eigenvalue weighted by Gasteiger charge is 2.14. The van der Waals surface area contributed by atoms with Crippen LogP contribution in [0.1, 0.15) is 27.7 Å². The lowest BCUT2D eigenvalue weighted by Gasteiger charge is -2.26. The molecule has 0 saturated carbocycles. The first-order valence-electron chi connectivity index (χ1n) is 9.56. The van der Waals surface area contributed by atoms with Crippen LogP contribution in [0.15, 0.2) is 24.3 Å². The molecule has 1 saturated heterocycles. The Hall–Kier alpha value is -2.43. The van der Waals surface area contributed by atoms with E-state index in [2.05, 4.69) is 25.7 Å². The molecule has 2 aromatic rings. The fraction of sp³-hybridized carbons (Fsp3) is 0.474. The smallest absolute Gasteiger partial charge is 0.286 e. The molecule has 8 nitrogen and oxygen atoms in total. The van der Waals surface area contributed by atoms with Crippen LogP contribution in [0, 0.1) is 5.82 Å². The monoisotopic (exact) mass is 421 g/mol. The number of morpholine rings is 1. The van der Waals surface area contributed by atoms with E-state index in [1.165, 1.54) is 29.5 Å². The van der Waals surface area contributed by atoms with Crippen molar-refractivity contribution in [1.82, 2.24) is 20.4 Å². The standard InChI is InChI=1S/C19H24FN5O3S/c20-14-3-1-4-15(13-14)22-18(27)19-24-23-17(29-19)6-2-5-16(26)21-7-8-25-9-11-28-12-10-25/h1,3-4,13H,2,5-12H2,(H,21,26)(H,22,27). The molecule has 1 aliphatic heterocycles. The number of anilines is 1. The lowest BCUT2D eigenvalue weighted by atomic mass is 10.2. The third-order valence-corrected chi connectivity index (χ3v) is 5.37. The van der Waals surface area contributed by atoms with Gasteiger partial charge in [-0.25, -0.2) is 4.39 Å². The Bertz CT molecular complexity index is 826. The van der Waals surface area contributed by atoms with E-state index in [-0.39, 0.29) is 10.9 Å². The van der Waals surface area contributed by atoms with Gasteiger partial charge in [-0.3, -0.25) is 14.5 Å². The molecule has 29 heavy (non-hydrogen) atoms. The number of carbonyl (C=O) groups is 2. The number of aryl methyl sites for hydroxylation is 1. The first-order chi connectivity index (χ1) is 14.1. The number of aromatic nitrogens is 2. The van der Waals surface area contributed by atoms with E-state index in [1.54, 1.807) is 6.07 Å². The van der Waals surface area contributed by atoms with Crippen molar-refractivity contribution in [3.8, 4) is 0 Å². The molecular formula is C19H24FN5O3S. The summed E-state index contributed by atoms with van der Waals surface area (Å²) in [5, 5.41) is 14.3. The molecule has 10 heteroatoms. The van der Waals surface area contributed by atoms with Gasteiger partial charge in [-0.15, -0.1) is 10.2 Å². The number of halogens is 1. The van der Waals surface area contributed by atoms with Crippen molar-refractivity contribution in [2.24, 2.45) is 0 Å². The molecule has 0 bridgehead atoms. The first-order valence-corrected chi connectivity index (χ1v) is 10.4. The molecule has 2 heterocycles. The highest BCUT2D eigenvalue weighted by Crippen LogP contribution is 2.15. The van der Waals surface area contributed by atoms with Crippen LogP contribution >= 0.6 is 11.3 Å². The molecule has 0 aliphatic carbocycles. The van der Waals surface area contributed by atoms with Crippen molar-refractivity contribution in [3.63, 3.8) is 0 Å². The van der Waals surface area contributed by atoms with Crippen LogP contribution in [-0.2, 0) is 16.0 Å². The maximum absolute atomic E-state index is 13.2. The molecular weight excluding hydrogens is 397 g/mol. The third-order valence-electron chi connectivity index (χ3n) is 4.39. The molecule has 1 fully saturated rings. The largest absolute Gasteiger partial charge is 0.379 e. The SMILES string of the molecule is O=C(CCCc1nnc(C(=O)Nc2cccc(F)c2)s1)NCCN1CCOCC1. The summed E-state index contributed by atoms with van der Waals surface area (Å²) >= 11 is 1.17. The van der Waals surface area contributed by atoms with E-state index in [9.17, 15) is 14.0 Å². The lowest BCUT2D eigenvalue weighted by Crippen LogP contribution is -2.41. The Kier molecular flexibility index (Phi) is 8.03. The van der Waals surface area contributed by atoms with E-state index in [0.717, 1.165) is 32.8 Å². The predicted octanol–water partition coefficient (Wildman–Crippen LogP) is 1.70. The minimum Gasteiger partial charge on any atom is -0.379 e. The molecule has 156 valence electrons. The minimum absolute atomic E-state index is 0.00634. The number of carbonyl (C=O) groups excluding carboxylic acids is 2. The van der Waals surface area contributed by atoms with Gasteiger partial charge in [-0.2, -0.15) is 0 Å². The van der Waals surface area contributed by atoms with Crippen LogP contribution in [-0.4, -0.2) is 66.3 Å². The summed E-state index contributed by atoms with van der Waals surface area (Å²) in [4.78, 5) is 26.4. The summed E-state index contributed by atoms with van der Waals surface area (Å²) in [5.74, 6) is -0.851. The zero-order valence-electron chi connectivity index (χ0n) is 16.0. The van der Waals surface area contributed by atoms with Crippen molar-refractivity contribution in [2.45, 2.75) is 19.3 Å². The van der Waals surface area contributed by atoms with Gasteiger partial charge in [0.25, 0.3) is 5.91 Å². The topological polar surface area (TPSA) is 96.5 Å². The van der Waals surface area contributed by atoms with Crippen LogP contribution in [0.3, 0.4) is 0 Å². The summed E-state index contributed by atoms with van der Waals surface area (Å²) < 4.78 is 18.5. The number of benzene rings is 1. The van der Waals surface area contributed by atoms with Gasteiger partial charge in [0.2, 0.25) is 10.9 Å². The van der Waals surface area contributed by atoms with Gasteiger partial charge in [0, 0.05) is 44.7 Å². The van der Waals surface area contributed by atoms with Crippen LogP contribution in [0.5, 0.6) is 0 Å². The molecule has 0 spiro atoms. The number of nitrogens with zero attached hydrogens (tertiary/aromatic N) is 3. The highest BCUT2D eigenvalue weighted by atomic mass is 32.1. The van der Waals surface area contributed by atoms with Gasteiger partial charge in [0.1, 0.15) is 10.8 Å². The fourth-order valence-electron chi connectivity index (χ4n) is 2.86. The molecule has 1 aliphatic rings. The Morgan fingerprint density at radius 1 is 1.24 bits per heavy atom. The van der Waals surface area contributed by atoms with Crippen molar-refractivity contribution < 1.29 is 18.7 Å². The quantitative estimate of drug-likeness (QED) is 0.640. The van der Waals surface area contributed by atoms with E-state index in [0.29, 0.717) is 36.5 Å². The molecule has 2 amide bonds. The number of ether oxygens (including phenoxy) is 1. The van der Waals surface area contributed by atoms with Crippen molar-refractivity contribution in [3.05, 3.63) is 40.1 Å². The Morgan fingerprint density at radius 3 is 2.86 bits per heavy atom. The number of nitrogens with one attached hydrogen (secondary N) is 2. The van der Waals surface area contributed by atoms with Gasteiger partial charge >= 0.3 is 0 Å². The normalized spacial score (nSPS) is 14.5.